The lowest BCUT2D eigenvalue weighted by molar-refractivity contribution is -0.156. The van der Waals surface area contributed by atoms with E-state index in [-0.39, 0.29) is 5.97 Å². The average molecular weight is 590 g/mol. The molecule has 0 saturated heterocycles. The van der Waals surface area contributed by atoms with Crippen LogP contribution >= 0.6 is 38.5 Å². The molecule has 0 amide bonds. The molecule has 0 radical (unpaired) electrons. The molecule has 0 unspecified atom stereocenters. The minimum Gasteiger partial charge on any atom is -0.458 e. The van der Waals surface area contributed by atoms with Gasteiger partial charge in [-0.1, -0.05) is 82.7 Å². The van der Waals surface area contributed by atoms with Gasteiger partial charge in [-0.05, 0) is 61.1 Å². The Morgan fingerprint density at radius 2 is 1.52 bits per heavy atom. The molecule has 0 spiro atoms. The Labute approximate surface area is 206 Å². The number of halogens is 2. The zero-order valence-electron chi connectivity index (χ0n) is 17.8. The summed E-state index contributed by atoms with van der Waals surface area (Å²) in [5.74, 6) is -0.324. The average Bonchev–Trinajstić information content (AvgIpc) is 2.72. The summed E-state index contributed by atoms with van der Waals surface area (Å²) < 4.78 is 7.84. The van der Waals surface area contributed by atoms with Crippen LogP contribution in [0.1, 0.15) is 37.5 Å². The Morgan fingerprint density at radius 3 is 2.00 bits per heavy atom. The fourth-order valence-corrected chi connectivity index (χ4v) is 4.64. The van der Waals surface area contributed by atoms with E-state index in [0.717, 1.165) is 30.4 Å². The van der Waals surface area contributed by atoms with Crippen molar-refractivity contribution in [2.75, 3.05) is 0 Å². The number of hydrogen-bond donors (Lipinski definition) is 0. The molecule has 5 heteroatoms. The topological polar surface area (TPSA) is 38.7 Å². The molecule has 0 aliphatic heterocycles. The van der Waals surface area contributed by atoms with Gasteiger partial charge in [-0.2, -0.15) is 0 Å². The molecule has 0 fully saturated rings. The van der Waals surface area contributed by atoms with Gasteiger partial charge in [0.25, 0.3) is 0 Å². The second-order valence-electron chi connectivity index (χ2n) is 8.20. The molecule has 31 heavy (non-hydrogen) atoms. The van der Waals surface area contributed by atoms with Crippen molar-refractivity contribution < 1.29 is 9.53 Å². The third-order valence-electron chi connectivity index (χ3n) is 4.49. The van der Waals surface area contributed by atoms with Crippen LogP contribution < -0.4 is 0 Å². The summed E-state index contributed by atoms with van der Waals surface area (Å²) in [5.41, 5.74) is 3.19. The van der Waals surface area contributed by atoms with Gasteiger partial charge >= 0.3 is 5.97 Å². The van der Waals surface area contributed by atoms with Crippen molar-refractivity contribution in [3.8, 4) is 0 Å². The van der Waals surface area contributed by atoms with Gasteiger partial charge in [-0.3, -0.25) is 4.99 Å². The second-order valence-corrected chi connectivity index (χ2v) is 10.3. The van der Waals surface area contributed by atoms with E-state index >= 15 is 0 Å². The molecular weight excluding hydrogens is 565 g/mol. The van der Waals surface area contributed by atoms with Crippen LogP contribution in [0.25, 0.3) is 0 Å². The summed E-state index contributed by atoms with van der Waals surface area (Å²) in [7, 11) is 0. The zero-order valence-corrected chi connectivity index (χ0v) is 21.6. The first-order valence-electron chi connectivity index (χ1n) is 10.1. The van der Waals surface area contributed by atoms with Gasteiger partial charge in [0.2, 0.25) is 0 Å². The van der Waals surface area contributed by atoms with Crippen LogP contribution in [0.5, 0.6) is 0 Å². The Balaban J connectivity index is 2.08. The molecule has 3 nitrogen and oxygen atoms in total. The molecule has 0 bridgehead atoms. The number of benzene rings is 3. The Bertz CT molecular complexity index is 1020. The van der Waals surface area contributed by atoms with E-state index < -0.39 is 11.6 Å². The van der Waals surface area contributed by atoms with E-state index in [4.69, 9.17) is 9.73 Å². The number of ether oxygens (including phenoxy) is 1. The third-order valence-corrected chi connectivity index (χ3v) is 5.98. The lowest BCUT2D eigenvalue weighted by Crippen LogP contribution is -2.33. The smallest absolute Gasteiger partial charge is 0.331 e. The van der Waals surface area contributed by atoms with E-state index in [1.54, 1.807) is 0 Å². The van der Waals surface area contributed by atoms with Crippen molar-refractivity contribution in [1.29, 1.82) is 0 Å². The number of rotatable bonds is 6. The third kappa shape index (κ3) is 7.01. The minimum absolute atomic E-state index is 0.324. The van der Waals surface area contributed by atoms with Gasteiger partial charge in [-0.25, -0.2) is 4.79 Å². The fraction of sp³-hybridized carbons (Fsp3) is 0.231. The van der Waals surface area contributed by atoms with Crippen LogP contribution in [0.15, 0.2) is 88.3 Å². The molecule has 0 aliphatic rings. The number of hydrogen-bond acceptors (Lipinski definition) is 3. The maximum atomic E-state index is 13.2. The van der Waals surface area contributed by atoms with E-state index in [0.29, 0.717) is 6.42 Å². The summed E-state index contributed by atoms with van der Waals surface area (Å²) in [5, 5.41) is 0. The maximum absolute atomic E-state index is 13.2. The monoisotopic (exact) mass is 589 g/mol. The van der Waals surface area contributed by atoms with Crippen molar-refractivity contribution in [3.63, 3.8) is 0 Å². The van der Waals surface area contributed by atoms with Gasteiger partial charge < -0.3 is 4.74 Å². The molecule has 0 heterocycles. The van der Waals surface area contributed by atoms with Gasteiger partial charge in [0.05, 0.1) is 5.71 Å². The lowest BCUT2D eigenvalue weighted by atomic mass is 10.0. The zero-order chi connectivity index (χ0) is 22.4. The van der Waals surface area contributed by atoms with Crippen LogP contribution in [-0.2, 0) is 16.0 Å². The van der Waals surface area contributed by atoms with Crippen molar-refractivity contribution in [1.82, 2.24) is 0 Å². The highest BCUT2D eigenvalue weighted by atomic mass is 127. The maximum Gasteiger partial charge on any atom is 0.331 e. The van der Waals surface area contributed by atoms with E-state index in [9.17, 15) is 4.79 Å². The van der Waals surface area contributed by atoms with Crippen molar-refractivity contribution in [2.24, 2.45) is 4.99 Å². The summed E-state index contributed by atoms with van der Waals surface area (Å²) in [4.78, 5) is 18.2. The second kappa shape index (κ2) is 10.6. The molecule has 3 aromatic carbocycles. The number of aliphatic imine (C=N–C) groups is 1. The first-order chi connectivity index (χ1) is 14.7. The van der Waals surface area contributed by atoms with Crippen molar-refractivity contribution in [2.45, 2.75) is 38.8 Å². The molecule has 1 atom stereocenters. The van der Waals surface area contributed by atoms with Crippen molar-refractivity contribution in [3.05, 3.63) is 104 Å². The van der Waals surface area contributed by atoms with E-state index in [2.05, 4.69) is 38.5 Å². The molecule has 160 valence electrons. The van der Waals surface area contributed by atoms with Crippen LogP contribution in [-0.4, -0.2) is 23.3 Å². The number of carbonyl (C=O) groups is 1. The van der Waals surface area contributed by atoms with E-state index in [1.807, 2.05) is 99.6 Å². The largest absolute Gasteiger partial charge is 0.458 e. The predicted octanol–water partition coefficient (Wildman–Crippen LogP) is 6.84. The van der Waals surface area contributed by atoms with Crippen molar-refractivity contribution >= 4 is 50.2 Å². The number of esters is 1. The first kappa shape index (κ1) is 23.7. The highest BCUT2D eigenvalue weighted by Crippen LogP contribution is 2.23. The Kier molecular flexibility index (Phi) is 8.06. The summed E-state index contributed by atoms with van der Waals surface area (Å²) in [6, 6.07) is 25.3. The summed E-state index contributed by atoms with van der Waals surface area (Å²) in [6.07, 6.45) is 0.462. The molecule has 0 aromatic heterocycles. The van der Waals surface area contributed by atoms with Gasteiger partial charge in [0.15, 0.2) is 6.04 Å². The van der Waals surface area contributed by atoms with Gasteiger partial charge in [0, 0.05) is 25.6 Å². The quantitative estimate of drug-likeness (QED) is 0.179. The first-order valence-corrected chi connectivity index (χ1v) is 12.0. The Morgan fingerprint density at radius 1 is 0.968 bits per heavy atom. The molecule has 0 saturated carbocycles. The van der Waals surface area contributed by atoms with Crippen LogP contribution in [0, 0.1) is 3.57 Å². The molecule has 3 rings (SSSR count). The summed E-state index contributed by atoms with van der Waals surface area (Å²) in [6.45, 7) is 5.64. The molecular formula is C26H25BrINO2. The van der Waals surface area contributed by atoms with Gasteiger partial charge in [-0.15, -0.1) is 0 Å². The molecule has 0 aliphatic carbocycles. The normalized spacial score (nSPS) is 12.2. The number of nitrogens with zero attached hydrogens (tertiary/aromatic N) is 1. The number of carbonyl (C=O) groups excluding carboxylic acids is 1. The van der Waals surface area contributed by atoms with E-state index in [1.165, 1.54) is 0 Å². The summed E-state index contributed by atoms with van der Waals surface area (Å²) >= 11 is 5.81. The standard InChI is InChI=1S/C26H25BrINO2/c1-26(2,3)31-25(30)23(16-20-14-15-21(27)17-22(20)28)29-24(18-10-6-4-7-11-18)19-12-8-5-9-13-19/h4-15,17,23H,16H2,1-3H3/t23-/m0/s1. The Hall–Kier alpha value is -1.99. The SMILES string of the molecule is CC(C)(C)OC(=O)[C@H](Cc1ccc(Br)cc1I)N=C(c1ccccc1)c1ccccc1. The highest BCUT2D eigenvalue weighted by molar-refractivity contribution is 14.1. The van der Waals surface area contributed by atoms with Crippen LogP contribution in [0.4, 0.5) is 0 Å². The predicted molar refractivity (Wildman–Crippen MR) is 139 cm³/mol. The highest BCUT2D eigenvalue weighted by Gasteiger charge is 2.27. The van der Waals surface area contributed by atoms with Crippen LogP contribution in [0.2, 0.25) is 0 Å². The fourth-order valence-electron chi connectivity index (χ4n) is 3.11. The molecule has 0 N–H and O–H groups in total. The lowest BCUT2D eigenvalue weighted by Gasteiger charge is -2.23. The van der Waals surface area contributed by atoms with Gasteiger partial charge in [0.1, 0.15) is 5.60 Å². The minimum atomic E-state index is -0.663. The van der Waals surface area contributed by atoms with Crippen LogP contribution in [0.3, 0.4) is 0 Å². The molecule has 3 aromatic rings.